The number of carboxylic acids is 1. The van der Waals surface area contributed by atoms with Crippen LogP contribution in [0.4, 0.5) is 6.01 Å². The fourth-order valence-electron chi connectivity index (χ4n) is 2.15. The Bertz CT molecular complexity index is 602. The molecule has 0 bridgehead atoms. The maximum atomic E-state index is 10.9. The van der Waals surface area contributed by atoms with Crippen LogP contribution in [0.1, 0.15) is 23.2 Å². The van der Waals surface area contributed by atoms with Gasteiger partial charge in [0.25, 0.3) is 6.01 Å². The van der Waals surface area contributed by atoms with Crippen molar-refractivity contribution >= 4 is 23.1 Å². The highest BCUT2D eigenvalue weighted by atomic mass is 16.5. The highest BCUT2D eigenvalue weighted by Gasteiger charge is 2.16. The van der Waals surface area contributed by atoms with Crippen LogP contribution in [0.25, 0.3) is 11.1 Å². The molecule has 1 unspecified atom stereocenters. The monoisotopic (exact) mass is 262 g/mol. The lowest BCUT2D eigenvalue weighted by Crippen LogP contribution is -2.30. The molecule has 0 saturated carbocycles. The number of nitrogens with zero attached hydrogens (tertiary/aromatic N) is 1. The molecule has 1 aromatic heterocycles. The normalized spacial score (nSPS) is 19.5. The molecule has 0 aliphatic carbocycles. The summed E-state index contributed by atoms with van der Waals surface area (Å²) < 4.78 is 10.9. The molecule has 1 aliphatic heterocycles. The topological polar surface area (TPSA) is 84.6 Å². The molecule has 1 fully saturated rings. The predicted molar refractivity (Wildman–Crippen MR) is 68.4 cm³/mol. The maximum Gasteiger partial charge on any atom is 0.335 e. The second-order valence-electron chi connectivity index (χ2n) is 4.57. The number of oxazole rings is 1. The number of fused-ring (bicyclic) bond motifs is 1. The van der Waals surface area contributed by atoms with Gasteiger partial charge < -0.3 is 19.6 Å². The largest absolute Gasteiger partial charge is 0.478 e. The van der Waals surface area contributed by atoms with Crippen molar-refractivity contribution in [3.63, 3.8) is 0 Å². The SMILES string of the molecule is O=C(O)c1ccc2nc(NC3CCCOC3)oc2c1. The van der Waals surface area contributed by atoms with Crippen LogP contribution in [-0.2, 0) is 4.74 Å². The number of anilines is 1. The summed E-state index contributed by atoms with van der Waals surface area (Å²) in [4.78, 5) is 15.2. The van der Waals surface area contributed by atoms with Crippen molar-refractivity contribution in [2.24, 2.45) is 0 Å². The maximum absolute atomic E-state index is 10.9. The summed E-state index contributed by atoms with van der Waals surface area (Å²) in [6.45, 7) is 1.44. The van der Waals surface area contributed by atoms with E-state index in [1.54, 1.807) is 6.07 Å². The highest BCUT2D eigenvalue weighted by molar-refractivity contribution is 5.92. The average molecular weight is 262 g/mol. The fourth-order valence-corrected chi connectivity index (χ4v) is 2.15. The van der Waals surface area contributed by atoms with E-state index >= 15 is 0 Å². The number of hydrogen-bond acceptors (Lipinski definition) is 5. The fraction of sp³-hybridized carbons (Fsp3) is 0.385. The minimum Gasteiger partial charge on any atom is -0.478 e. The van der Waals surface area contributed by atoms with E-state index in [1.165, 1.54) is 12.1 Å². The molecule has 2 heterocycles. The van der Waals surface area contributed by atoms with Crippen molar-refractivity contribution in [1.29, 1.82) is 0 Å². The molecule has 0 radical (unpaired) electrons. The first kappa shape index (κ1) is 12.0. The van der Waals surface area contributed by atoms with Gasteiger partial charge in [-0.25, -0.2) is 4.79 Å². The first-order valence-corrected chi connectivity index (χ1v) is 6.20. The van der Waals surface area contributed by atoms with Crippen LogP contribution in [0.15, 0.2) is 22.6 Å². The summed E-state index contributed by atoms with van der Waals surface area (Å²) in [5, 5.41) is 12.1. The second kappa shape index (κ2) is 4.89. The number of aromatic nitrogens is 1. The van der Waals surface area contributed by atoms with Crippen LogP contribution in [-0.4, -0.2) is 35.3 Å². The number of aromatic carboxylic acids is 1. The molecule has 1 aromatic carbocycles. The lowest BCUT2D eigenvalue weighted by molar-refractivity contribution is 0.0697. The van der Waals surface area contributed by atoms with Gasteiger partial charge in [0.1, 0.15) is 5.52 Å². The van der Waals surface area contributed by atoms with Crippen LogP contribution in [0, 0.1) is 0 Å². The Kier molecular flexibility index (Phi) is 3.08. The first-order valence-electron chi connectivity index (χ1n) is 6.20. The number of hydrogen-bond donors (Lipinski definition) is 2. The Morgan fingerprint density at radius 1 is 1.47 bits per heavy atom. The third-order valence-corrected chi connectivity index (χ3v) is 3.12. The van der Waals surface area contributed by atoms with Gasteiger partial charge >= 0.3 is 5.97 Å². The molecule has 2 aromatic rings. The zero-order valence-electron chi connectivity index (χ0n) is 10.3. The highest BCUT2D eigenvalue weighted by Crippen LogP contribution is 2.22. The van der Waals surface area contributed by atoms with E-state index in [0.29, 0.717) is 23.7 Å². The van der Waals surface area contributed by atoms with Gasteiger partial charge in [-0.05, 0) is 31.0 Å². The zero-order valence-corrected chi connectivity index (χ0v) is 10.3. The standard InChI is InChI=1S/C13H14N2O4/c16-12(17)8-3-4-10-11(6-8)19-13(15-10)14-9-2-1-5-18-7-9/h3-4,6,9H,1-2,5,7H2,(H,14,15)(H,16,17). The molecule has 100 valence electrons. The lowest BCUT2D eigenvalue weighted by atomic mass is 10.1. The van der Waals surface area contributed by atoms with Gasteiger partial charge in [0.2, 0.25) is 0 Å². The van der Waals surface area contributed by atoms with Gasteiger partial charge in [-0.15, -0.1) is 0 Å². The van der Waals surface area contributed by atoms with E-state index in [-0.39, 0.29) is 11.6 Å². The van der Waals surface area contributed by atoms with E-state index in [2.05, 4.69) is 10.3 Å². The summed E-state index contributed by atoms with van der Waals surface area (Å²) in [6.07, 6.45) is 2.03. The Morgan fingerprint density at radius 2 is 2.37 bits per heavy atom. The van der Waals surface area contributed by atoms with E-state index in [0.717, 1.165) is 19.4 Å². The molecule has 19 heavy (non-hydrogen) atoms. The minimum absolute atomic E-state index is 0.191. The van der Waals surface area contributed by atoms with E-state index in [1.807, 2.05) is 0 Å². The molecule has 3 rings (SSSR count). The molecule has 2 N–H and O–H groups in total. The van der Waals surface area contributed by atoms with Gasteiger partial charge in [0.15, 0.2) is 5.58 Å². The van der Waals surface area contributed by atoms with Crippen LogP contribution < -0.4 is 5.32 Å². The van der Waals surface area contributed by atoms with Gasteiger partial charge in [-0.2, -0.15) is 4.98 Å². The molecule has 0 spiro atoms. The molecule has 1 aliphatic rings. The summed E-state index contributed by atoms with van der Waals surface area (Å²) in [7, 11) is 0. The second-order valence-corrected chi connectivity index (χ2v) is 4.57. The van der Waals surface area contributed by atoms with Crippen molar-refractivity contribution < 1.29 is 19.1 Å². The lowest BCUT2D eigenvalue weighted by Gasteiger charge is -2.21. The van der Waals surface area contributed by atoms with Crippen LogP contribution in [0.5, 0.6) is 0 Å². The van der Waals surface area contributed by atoms with E-state index < -0.39 is 5.97 Å². The van der Waals surface area contributed by atoms with Crippen molar-refractivity contribution in [2.75, 3.05) is 18.5 Å². The van der Waals surface area contributed by atoms with E-state index in [4.69, 9.17) is 14.3 Å². The summed E-state index contributed by atoms with van der Waals surface area (Å²) >= 11 is 0. The minimum atomic E-state index is -0.978. The number of ether oxygens (including phenoxy) is 1. The van der Waals surface area contributed by atoms with Gasteiger partial charge in [-0.3, -0.25) is 0 Å². The quantitative estimate of drug-likeness (QED) is 0.881. The Balaban J connectivity index is 1.82. The number of carboxylic acid groups (broad SMARTS) is 1. The number of benzene rings is 1. The summed E-state index contributed by atoms with van der Waals surface area (Å²) in [5.74, 6) is -0.978. The van der Waals surface area contributed by atoms with Gasteiger partial charge in [0, 0.05) is 6.61 Å². The van der Waals surface area contributed by atoms with Crippen molar-refractivity contribution in [3.05, 3.63) is 23.8 Å². The smallest absolute Gasteiger partial charge is 0.335 e. The number of nitrogens with one attached hydrogen (secondary N) is 1. The molecule has 6 heteroatoms. The molecule has 6 nitrogen and oxygen atoms in total. The number of carbonyl (C=O) groups is 1. The van der Waals surface area contributed by atoms with Gasteiger partial charge in [0.05, 0.1) is 18.2 Å². The first-order chi connectivity index (χ1) is 9.22. The van der Waals surface area contributed by atoms with Crippen LogP contribution in [0.2, 0.25) is 0 Å². The Labute approximate surface area is 109 Å². The molecular weight excluding hydrogens is 248 g/mol. The van der Waals surface area contributed by atoms with Crippen molar-refractivity contribution in [2.45, 2.75) is 18.9 Å². The van der Waals surface area contributed by atoms with Crippen molar-refractivity contribution in [3.8, 4) is 0 Å². The Hall–Kier alpha value is -2.08. The summed E-state index contributed by atoms with van der Waals surface area (Å²) in [5.41, 5.74) is 1.31. The van der Waals surface area contributed by atoms with E-state index in [9.17, 15) is 4.79 Å². The zero-order chi connectivity index (χ0) is 13.2. The third kappa shape index (κ3) is 2.53. The van der Waals surface area contributed by atoms with Crippen LogP contribution in [0.3, 0.4) is 0 Å². The third-order valence-electron chi connectivity index (χ3n) is 3.12. The predicted octanol–water partition coefficient (Wildman–Crippen LogP) is 2.12. The Morgan fingerprint density at radius 3 is 3.11 bits per heavy atom. The molecule has 1 atom stereocenters. The number of rotatable bonds is 3. The molecule has 0 amide bonds. The van der Waals surface area contributed by atoms with Crippen LogP contribution >= 0.6 is 0 Å². The molecule has 1 saturated heterocycles. The van der Waals surface area contributed by atoms with Gasteiger partial charge in [-0.1, -0.05) is 0 Å². The van der Waals surface area contributed by atoms with Crippen molar-refractivity contribution in [1.82, 2.24) is 4.98 Å². The average Bonchev–Trinajstić information content (AvgIpc) is 2.80. The summed E-state index contributed by atoms with van der Waals surface area (Å²) in [6, 6.07) is 5.24. The molecular formula is C13H14N2O4.